The highest BCUT2D eigenvalue weighted by atomic mass is 15.2. The van der Waals surface area contributed by atoms with E-state index in [4.69, 9.17) is 5.73 Å². The molecular formula is C11H19N3. The zero-order valence-corrected chi connectivity index (χ0v) is 9.08. The summed E-state index contributed by atoms with van der Waals surface area (Å²) in [7, 11) is 0. The van der Waals surface area contributed by atoms with Crippen LogP contribution < -0.4 is 5.73 Å². The Morgan fingerprint density at radius 3 is 2.64 bits per heavy atom. The van der Waals surface area contributed by atoms with E-state index in [0.29, 0.717) is 11.4 Å². The van der Waals surface area contributed by atoms with E-state index in [1.54, 1.807) is 0 Å². The third-order valence-corrected chi connectivity index (χ3v) is 3.44. The van der Waals surface area contributed by atoms with Crippen LogP contribution in [-0.4, -0.2) is 9.55 Å². The smallest absolute Gasteiger partial charge is 0.200 e. The Labute approximate surface area is 85.3 Å². The maximum atomic E-state index is 5.83. The minimum absolute atomic E-state index is 0.444. The van der Waals surface area contributed by atoms with Crippen LogP contribution in [-0.2, 0) is 6.54 Å². The first-order valence-corrected chi connectivity index (χ1v) is 5.38. The maximum Gasteiger partial charge on any atom is 0.200 e. The highest BCUT2D eigenvalue weighted by molar-refractivity contribution is 5.22. The van der Waals surface area contributed by atoms with Crippen LogP contribution in [0.2, 0.25) is 0 Å². The Morgan fingerprint density at radius 1 is 1.50 bits per heavy atom. The van der Waals surface area contributed by atoms with Gasteiger partial charge < -0.3 is 10.3 Å². The monoisotopic (exact) mass is 193 g/mol. The molecule has 2 rings (SSSR count). The second kappa shape index (κ2) is 3.30. The first-order chi connectivity index (χ1) is 6.61. The van der Waals surface area contributed by atoms with Gasteiger partial charge in [0.05, 0.1) is 6.20 Å². The number of aryl methyl sites for hydroxylation is 1. The Balaban J connectivity index is 2.17. The Morgan fingerprint density at radius 2 is 2.14 bits per heavy atom. The van der Waals surface area contributed by atoms with E-state index in [-0.39, 0.29) is 0 Å². The maximum absolute atomic E-state index is 5.83. The van der Waals surface area contributed by atoms with Crippen molar-refractivity contribution in [3.63, 3.8) is 0 Å². The summed E-state index contributed by atoms with van der Waals surface area (Å²) >= 11 is 0. The van der Waals surface area contributed by atoms with Crippen LogP contribution in [0.4, 0.5) is 5.95 Å². The molecule has 3 nitrogen and oxygen atoms in total. The van der Waals surface area contributed by atoms with Gasteiger partial charge in [-0.05, 0) is 25.2 Å². The van der Waals surface area contributed by atoms with Crippen molar-refractivity contribution in [2.75, 3.05) is 5.73 Å². The molecule has 1 aromatic rings. The number of hydrogen-bond acceptors (Lipinski definition) is 2. The fraction of sp³-hybridized carbons (Fsp3) is 0.727. The summed E-state index contributed by atoms with van der Waals surface area (Å²) in [6, 6.07) is 0. The van der Waals surface area contributed by atoms with Gasteiger partial charge in [-0.1, -0.05) is 19.8 Å². The van der Waals surface area contributed by atoms with Crippen molar-refractivity contribution in [1.82, 2.24) is 9.55 Å². The predicted molar refractivity (Wildman–Crippen MR) is 58.0 cm³/mol. The number of nitrogens with zero attached hydrogens (tertiary/aromatic N) is 2. The quantitative estimate of drug-likeness (QED) is 0.783. The lowest BCUT2D eigenvalue weighted by Crippen LogP contribution is -2.21. The van der Waals surface area contributed by atoms with E-state index in [2.05, 4.69) is 23.4 Å². The predicted octanol–water partition coefficient (Wildman–Crippen LogP) is 2.35. The molecule has 1 aliphatic carbocycles. The van der Waals surface area contributed by atoms with Gasteiger partial charge in [-0.3, -0.25) is 0 Å². The zero-order valence-electron chi connectivity index (χ0n) is 9.08. The lowest BCUT2D eigenvalue weighted by Gasteiger charge is -2.25. The highest BCUT2D eigenvalue weighted by Crippen LogP contribution is 2.39. The van der Waals surface area contributed by atoms with Crippen LogP contribution in [0.25, 0.3) is 0 Å². The lowest BCUT2D eigenvalue weighted by molar-refractivity contribution is 0.281. The van der Waals surface area contributed by atoms with Crippen LogP contribution >= 0.6 is 0 Å². The number of nitrogens with two attached hydrogens (primary N) is 1. The first-order valence-electron chi connectivity index (χ1n) is 5.38. The van der Waals surface area contributed by atoms with Crippen LogP contribution in [0.1, 0.15) is 38.3 Å². The minimum atomic E-state index is 0.444. The number of aromatic nitrogens is 2. The molecule has 14 heavy (non-hydrogen) atoms. The van der Waals surface area contributed by atoms with E-state index in [1.165, 1.54) is 31.4 Å². The SMILES string of the molecule is Cc1cnc(N)n1CC1(C)CCCC1. The van der Waals surface area contributed by atoms with Crippen LogP contribution in [0, 0.1) is 12.3 Å². The van der Waals surface area contributed by atoms with Gasteiger partial charge in [0.25, 0.3) is 0 Å². The van der Waals surface area contributed by atoms with Crippen molar-refractivity contribution in [2.45, 2.75) is 46.1 Å². The van der Waals surface area contributed by atoms with Crippen LogP contribution in [0.3, 0.4) is 0 Å². The topological polar surface area (TPSA) is 43.8 Å². The Bertz CT molecular complexity index is 302. The molecule has 1 heterocycles. The number of anilines is 1. The van der Waals surface area contributed by atoms with Gasteiger partial charge in [-0.2, -0.15) is 0 Å². The second-order valence-corrected chi connectivity index (χ2v) is 4.86. The van der Waals surface area contributed by atoms with Gasteiger partial charge in [0.1, 0.15) is 0 Å². The number of nitrogen functional groups attached to an aromatic ring is 1. The fourth-order valence-electron chi connectivity index (χ4n) is 2.45. The minimum Gasteiger partial charge on any atom is -0.369 e. The van der Waals surface area contributed by atoms with Gasteiger partial charge >= 0.3 is 0 Å². The Kier molecular flexibility index (Phi) is 2.25. The number of hydrogen-bond donors (Lipinski definition) is 1. The Hall–Kier alpha value is -0.990. The first kappa shape index (κ1) is 9.56. The molecule has 0 saturated heterocycles. The summed E-state index contributed by atoms with van der Waals surface area (Å²) in [5, 5.41) is 0. The molecule has 1 aromatic heterocycles. The largest absolute Gasteiger partial charge is 0.369 e. The summed E-state index contributed by atoms with van der Waals surface area (Å²) in [6.45, 7) is 5.46. The normalized spacial score (nSPS) is 20.1. The molecule has 0 atom stereocenters. The van der Waals surface area contributed by atoms with E-state index < -0.39 is 0 Å². The summed E-state index contributed by atoms with van der Waals surface area (Å²) in [5.41, 5.74) is 7.45. The summed E-state index contributed by atoms with van der Waals surface area (Å²) in [4.78, 5) is 4.13. The van der Waals surface area contributed by atoms with E-state index in [0.717, 1.165) is 6.54 Å². The molecule has 0 spiro atoms. The fourth-order valence-corrected chi connectivity index (χ4v) is 2.45. The zero-order chi connectivity index (χ0) is 10.2. The van der Waals surface area contributed by atoms with Crippen LogP contribution in [0.5, 0.6) is 0 Å². The summed E-state index contributed by atoms with van der Waals surface area (Å²) in [6.07, 6.45) is 7.23. The van der Waals surface area contributed by atoms with Gasteiger partial charge in [0, 0.05) is 12.2 Å². The second-order valence-electron chi connectivity index (χ2n) is 4.86. The van der Waals surface area contributed by atoms with Crippen LogP contribution in [0.15, 0.2) is 6.20 Å². The molecule has 1 fully saturated rings. The highest BCUT2D eigenvalue weighted by Gasteiger charge is 2.29. The molecule has 1 aliphatic rings. The molecule has 0 aromatic carbocycles. The van der Waals surface area contributed by atoms with E-state index >= 15 is 0 Å². The molecule has 0 bridgehead atoms. The average Bonchev–Trinajstić information content (AvgIpc) is 2.68. The molecular weight excluding hydrogens is 174 g/mol. The van der Waals surface area contributed by atoms with Gasteiger partial charge in [0.15, 0.2) is 5.95 Å². The number of rotatable bonds is 2. The molecule has 0 amide bonds. The third-order valence-electron chi connectivity index (χ3n) is 3.44. The molecule has 0 unspecified atom stereocenters. The molecule has 0 radical (unpaired) electrons. The summed E-state index contributed by atoms with van der Waals surface area (Å²) < 4.78 is 2.14. The van der Waals surface area contributed by atoms with Crippen molar-refractivity contribution in [3.05, 3.63) is 11.9 Å². The van der Waals surface area contributed by atoms with Gasteiger partial charge in [0.2, 0.25) is 0 Å². The van der Waals surface area contributed by atoms with Gasteiger partial charge in [-0.25, -0.2) is 4.98 Å². The van der Waals surface area contributed by atoms with E-state index in [9.17, 15) is 0 Å². The molecule has 1 saturated carbocycles. The molecule has 2 N–H and O–H groups in total. The van der Waals surface area contributed by atoms with Crippen molar-refractivity contribution < 1.29 is 0 Å². The lowest BCUT2D eigenvalue weighted by atomic mass is 9.89. The number of imidazole rings is 1. The van der Waals surface area contributed by atoms with Crippen molar-refractivity contribution in [3.8, 4) is 0 Å². The standard InChI is InChI=1S/C11H19N3/c1-9-7-13-10(12)14(9)8-11(2)5-3-4-6-11/h7H,3-6,8H2,1-2H3,(H2,12,13). The van der Waals surface area contributed by atoms with Crippen molar-refractivity contribution >= 4 is 5.95 Å². The van der Waals surface area contributed by atoms with Gasteiger partial charge in [-0.15, -0.1) is 0 Å². The molecule has 78 valence electrons. The third kappa shape index (κ3) is 1.63. The van der Waals surface area contributed by atoms with E-state index in [1.807, 2.05) is 6.20 Å². The molecule has 0 aliphatic heterocycles. The average molecular weight is 193 g/mol. The van der Waals surface area contributed by atoms with Crippen molar-refractivity contribution in [2.24, 2.45) is 5.41 Å². The van der Waals surface area contributed by atoms with Crippen molar-refractivity contribution in [1.29, 1.82) is 0 Å². The summed E-state index contributed by atoms with van der Waals surface area (Å²) in [5.74, 6) is 0.663. The molecule has 3 heteroatoms.